The van der Waals surface area contributed by atoms with E-state index in [1.165, 1.54) is 12.0 Å². The summed E-state index contributed by atoms with van der Waals surface area (Å²) in [6.07, 6.45) is 6.79. The number of aliphatic hydroxyl groups excluding tert-OH is 1. The van der Waals surface area contributed by atoms with Crippen LogP contribution in [0.15, 0.2) is 18.3 Å². The second-order valence-electron chi connectivity index (χ2n) is 5.09. The van der Waals surface area contributed by atoms with Crippen LogP contribution in [0.2, 0.25) is 0 Å². The number of rotatable bonds is 2. The fourth-order valence-corrected chi connectivity index (χ4v) is 3.07. The number of pyridine rings is 1. The highest BCUT2D eigenvalue weighted by atomic mass is 16.5. The highest BCUT2D eigenvalue weighted by molar-refractivity contribution is 5.29. The van der Waals surface area contributed by atoms with Gasteiger partial charge in [0.15, 0.2) is 0 Å². The first-order chi connectivity index (χ1) is 8.36. The molecule has 1 aliphatic heterocycles. The quantitative estimate of drug-likeness (QED) is 0.850. The zero-order valence-corrected chi connectivity index (χ0v) is 10.0. The molecule has 3 unspecified atom stereocenters. The third kappa shape index (κ3) is 2.09. The van der Waals surface area contributed by atoms with Crippen molar-refractivity contribution in [3.8, 4) is 0 Å². The fraction of sp³-hybridized carbons (Fsp3) is 0.643. The van der Waals surface area contributed by atoms with Crippen molar-refractivity contribution in [1.29, 1.82) is 0 Å². The van der Waals surface area contributed by atoms with E-state index < -0.39 is 0 Å². The molecule has 0 aromatic carbocycles. The zero-order valence-electron chi connectivity index (χ0n) is 10.0. The Hall–Kier alpha value is -0.930. The van der Waals surface area contributed by atoms with E-state index >= 15 is 0 Å². The molecule has 0 amide bonds. The summed E-state index contributed by atoms with van der Waals surface area (Å²) in [5, 5.41) is 10.5. The van der Waals surface area contributed by atoms with Crippen LogP contribution in [-0.2, 0) is 11.2 Å². The Morgan fingerprint density at radius 1 is 1.35 bits per heavy atom. The maximum Gasteiger partial charge on any atom is 0.0885 e. The Bertz CT molecular complexity index is 388. The van der Waals surface area contributed by atoms with Gasteiger partial charge < -0.3 is 9.84 Å². The summed E-state index contributed by atoms with van der Waals surface area (Å²) in [5.41, 5.74) is 2.39. The third-order valence-electron chi connectivity index (χ3n) is 4.01. The average Bonchev–Trinajstić information content (AvgIpc) is 2.83. The molecule has 17 heavy (non-hydrogen) atoms. The van der Waals surface area contributed by atoms with Gasteiger partial charge in [-0.25, -0.2) is 0 Å². The van der Waals surface area contributed by atoms with Crippen LogP contribution in [0.25, 0.3) is 0 Å². The van der Waals surface area contributed by atoms with Crippen molar-refractivity contribution >= 4 is 0 Å². The normalized spacial score (nSPS) is 29.9. The molecule has 1 aromatic heterocycles. The summed E-state index contributed by atoms with van der Waals surface area (Å²) in [7, 11) is 0. The SMILES string of the molecule is OC(C1CCCCO1)C1CCc2cccnc21. The van der Waals surface area contributed by atoms with Gasteiger partial charge in [-0.05, 0) is 43.7 Å². The predicted molar refractivity (Wildman–Crippen MR) is 64.9 cm³/mol. The van der Waals surface area contributed by atoms with Gasteiger partial charge in [-0.1, -0.05) is 6.07 Å². The van der Waals surface area contributed by atoms with E-state index in [9.17, 15) is 5.11 Å². The molecular formula is C14H19NO2. The minimum atomic E-state index is -0.383. The van der Waals surface area contributed by atoms with Crippen molar-refractivity contribution in [3.05, 3.63) is 29.6 Å². The smallest absolute Gasteiger partial charge is 0.0885 e. The second kappa shape index (κ2) is 4.75. The first kappa shape index (κ1) is 11.2. The number of fused-ring (bicyclic) bond motifs is 1. The van der Waals surface area contributed by atoms with Gasteiger partial charge in [0, 0.05) is 24.4 Å². The Morgan fingerprint density at radius 3 is 3.12 bits per heavy atom. The highest BCUT2D eigenvalue weighted by Gasteiger charge is 2.35. The number of aryl methyl sites for hydroxylation is 1. The van der Waals surface area contributed by atoms with Gasteiger partial charge in [0.25, 0.3) is 0 Å². The molecule has 1 fully saturated rings. The van der Waals surface area contributed by atoms with E-state index in [0.29, 0.717) is 0 Å². The number of hydrogen-bond acceptors (Lipinski definition) is 3. The lowest BCUT2D eigenvalue weighted by molar-refractivity contribution is -0.0714. The first-order valence-electron chi connectivity index (χ1n) is 6.60. The van der Waals surface area contributed by atoms with Gasteiger partial charge in [0.05, 0.1) is 12.2 Å². The predicted octanol–water partition coefficient (Wildman–Crippen LogP) is 2.04. The molecule has 3 rings (SSSR count). The number of hydrogen-bond donors (Lipinski definition) is 1. The van der Waals surface area contributed by atoms with Crippen LogP contribution in [0.1, 0.15) is 42.9 Å². The van der Waals surface area contributed by atoms with Crippen molar-refractivity contribution < 1.29 is 9.84 Å². The highest BCUT2D eigenvalue weighted by Crippen LogP contribution is 2.36. The van der Waals surface area contributed by atoms with Crippen molar-refractivity contribution in [2.75, 3.05) is 6.61 Å². The van der Waals surface area contributed by atoms with E-state index in [2.05, 4.69) is 11.1 Å². The summed E-state index contributed by atoms with van der Waals surface area (Å²) in [5.74, 6) is 0.175. The summed E-state index contributed by atoms with van der Waals surface area (Å²) in [6.45, 7) is 0.795. The summed E-state index contributed by atoms with van der Waals surface area (Å²) < 4.78 is 5.69. The van der Waals surface area contributed by atoms with Crippen LogP contribution in [0.3, 0.4) is 0 Å². The molecular weight excluding hydrogens is 214 g/mol. The summed E-state index contributed by atoms with van der Waals surface area (Å²) in [6, 6.07) is 4.10. The minimum absolute atomic E-state index is 0.0155. The number of ether oxygens (including phenoxy) is 1. The van der Waals surface area contributed by atoms with Gasteiger partial charge in [-0.3, -0.25) is 4.98 Å². The first-order valence-corrected chi connectivity index (χ1v) is 6.60. The third-order valence-corrected chi connectivity index (χ3v) is 4.01. The average molecular weight is 233 g/mol. The van der Waals surface area contributed by atoms with Crippen LogP contribution in [0.5, 0.6) is 0 Å². The summed E-state index contributed by atoms with van der Waals surface area (Å²) >= 11 is 0. The molecule has 1 saturated heterocycles. The molecule has 92 valence electrons. The maximum atomic E-state index is 10.5. The maximum absolute atomic E-state index is 10.5. The summed E-state index contributed by atoms with van der Waals surface area (Å²) in [4.78, 5) is 4.44. The molecule has 1 aliphatic carbocycles. The number of aromatic nitrogens is 1. The van der Waals surface area contributed by atoms with E-state index in [4.69, 9.17) is 4.74 Å². The molecule has 1 aromatic rings. The van der Waals surface area contributed by atoms with E-state index in [1.807, 2.05) is 12.3 Å². The molecule has 2 heterocycles. The molecule has 3 atom stereocenters. The molecule has 1 N–H and O–H groups in total. The van der Waals surface area contributed by atoms with Gasteiger partial charge in [-0.15, -0.1) is 0 Å². The topological polar surface area (TPSA) is 42.4 Å². The largest absolute Gasteiger partial charge is 0.390 e. The van der Waals surface area contributed by atoms with Crippen molar-refractivity contribution in [2.24, 2.45) is 0 Å². The van der Waals surface area contributed by atoms with Gasteiger partial charge in [0.1, 0.15) is 0 Å². The molecule has 2 aliphatic rings. The lowest BCUT2D eigenvalue weighted by atomic mass is 9.91. The standard InChI is InChI=1S/C14H19NO2/c16-14(12-5-1-2-9-17-12)11-7-6-10-4-3-8-15-13(10)11/h3-4,8,11-12,14,16H,1-2,5-7,9H2. The van der Waals surface area contributed by atoms with Gasteiger partial charge in [-0.2, -0.15) is 0 Å². The van der Waals surface area contributed by atoms with Crippen molar-refractivity contribution in [2.45, 2.75) is 50.2 Å². The lowest BCUT2D eigenvalue weighted by Crippen LogP contribution is -2.36. The van der Waals surface area contributed by atoms with Gasteiger partial charge in [0.2, 0.25) is 0 Å². The molecule has 0 bridgehead atoms. The lowest BCUT2D eigenvalue weighted by Gasteiger charge is -2.30. The molecule has 0 spiro atoms. The van der Waals surface area contributed by atoms with Gasteiger partial charge >= 0.3 is 0 Å². The Labute approximate surface area is 102 Å². The zero-order chi connectivity index (χ0) is 11.7. The molecule has 0 radical (unpaired) electrons. The van der Waals surface area contributed by atoms with Crippen LogP contribution in [-0.4, -0.2) is 28.9 Å². The number of aliphatic hydroxyl groups is 1. The monoisotopic (exact) mass is 233 g/mol. The Morgan fingerprint density at radius 2 is 2.29 bits per heavy atom. The second-order valence-corrected chi connectivity index (χ2v) is 5.09. The van der Waals surface area contributed by atoms with E-state index in [1.54, 1.807) is 0 Å². The van der Waals surface area contributed by atoms with Crippen LogP contribution < -0.4 is 0 Å². The molecule has 3 nitrogen and oxygen atoms in total. The molecule has 0 saturated carbocycles. The molecule has 3 heteroatoms. The fourth-order valence-electron chi connectivity index (χ4n) is 3.07. The van der Waals surface area contributed by atoms with Crippen molar-refractivity contribution in [3.63, 3.8) is 0 Å². The van der Waals surface area contributed by atoms with Crippen molar-refractivity contribution in [1.82, 2.24) is 4.98 Å². The minimum Gasteiger partial charge on any atom is -0.390 e. The van der Waals surface area contributed by atoms with E-state index in [0.717, 1.165) is 38.0 Å². The van der Waals surface area contributed by atoms with E-state index in [-0.39, 0.29) is 18.1 Å². The Kier molecular flexibility index (Phi) is 3.12. The van der Waals surface area contributed by atoms with Crippen LogP contribution in [0, 0.1) is 0 Å². The number of nitrogens with zero attached hydrogens (tertiary/aromatic N) is 1. The van der Waals surface area contributed by atoms with Crippen LogP contribution >= 0.6 is 0 Å². The van der Waals surface area contributed by atoms with Crippen LogP contribution in [0.4, 0.5) is 0 Å². The Balaban J connectivity index is 1.76.